The molecule has 1 aromatic carbocycles. The molecule has 2 heterocycles. The van der Waals surface area contributed by atoms with Gasteiger partial charge in [0, 0.05) is 36.8 Å². The molecule has 0 bridgehead atoms. The Hall–Kier alpha value is -2.95. The van der Waals surface area contributed by atoms with E-state index in [-0.39, 0.29) is 12.5 Å². The van der Waals surface area contributed by atoms with Gasteiger partial charge in [-0.05, 0) is 12.1 Å². The van der Waals surface area contributed by atoms with Crippen LogP contribution in [0.1, 0.15) is 0 Å². The standard InChI is InChI=1S/C17H16N4O/c1-18-16(22)12-21-11-10-20-17(21)14-7-5-13(6-8-14)15-4-2-3-9-19-15/h2-11H,12H2,1H3,(H,18,22). The number of carbonyl (C=O) groups is 1. The molecule has 0 fully saturated rings. The number of amides is 1. The highest BCUT2D eigenvalue weighted by Crippen LogP contribution is 2.22. The van der Waals surface area contributed by atoms with Crippen LogP contribution in [0.4, 0.5) is 0 Å². The molecular weight excluding hydrogens is 276 g/mol. The van der Waals surface area contributed by atoms with E-state index in [2.05, 4.69) is 15.3 Å². The summed E-state index contributed by atoms with van der Waals surface area (Å²) >= 11 is 0. The lowest BCUT2D eigenvalue weighted by atomic mass is 10.1. The summed E-state index contributed by atoms with van der Waals surface area (Å²) < 4.78 is 1.83. The zero-order valence-corrected chi connectivity index (χ0v) is 12.2. The van der Waals surface area contributed by atoms with E-state index in [1.54, 1.807) is 25.6 Å². The molecule has 1 amide bonds. The van der Waals surface area contributed by atoms with Crippen LogP contribution in [0, 0.1) is 0 Å². The SMILES string of the molecule is CNC(=O)Cn1ccnc1-c1ccc(-c2ccccn2)cc1. The van der Waals surface area contributed by atoms with Crippen molar-refractivity contribution in [1.29, 1.82) is 0 Å². The molecule has 0 spiro atoms. The molecule has 3 aromatic rings. The van der Waals surface area contributed by atoms with Crippen LogP contribution in [0.5, 0.6) is 0 Å². The smallest absolute Gasteiger partial charge is 0.239 e. The molecule has 0 aliphatic carbocycles. The molecule has 5 nitrogen and oxygen atoms in total. The molecule has 5 heteroatoms. The summed E-state index contributed by atoms with van der Waals surface area (Å²) in [5, 5.41) is 2.62. The average Bonchev–Trinajstić information content (AvgIpc) is 3.04. The Morgan fingerprint density at radius 2 is 1.82 bits per heavy atom. The molecule has 0 aliphatic heterocycles. The van der Waals surface area contributed by atoms with Crippen LogP contribution in [0.2, 0.25) is 0 Å². The van der Waals surface area contributed by atoms with Crippen LogP contribution in [-0.4, -0.2) is 27.5 Å². The fourth-order valence-electron chi connectivity index (χ4n) is 2.25. The molecule has 0 aliphatic rings. The predicted molar refractivity (Wildman–Crippen MR) is 85.0 cm³/mol. The van der Waals surface area contributed by atoms with Crippen molar-refractivity contribution in [2.75, 3.05) is 7.05 Å². The van der Waals surface area contributed by atoms with Gasteiger partial charge in [-0.3, -0.25) is 9.78 Å². The number of carbonyl (C=O) groups excluding carboxylic acids is 1. The maximum Gasteiger partial charge on any atom is 0.239 e. The lowest BCUT2D eigenvalue weighted by molar-refractivity contribution is -0.121. The van der Waals surface area contributed by atoms with Crippen LogP contribution in [0.15, 0.2) is 61.1 Å². The minimum absolute atomic E-state index is 0.0515. The first kappa shape index (κ1) is 14.0. The number of imidazole rings is 1. The second-order valence-electron chi connectivity index (χ2n) is 4.84. The fraction of sp³-hybridized carbons (Fsp3) is 0.118. The van der Waals surface area contributed by atoms with E-state index < -0.39 is 0 Å². The van der Waals surface area contributed by atoms with E-state index in [9.17, 15) is 4.79 Å². The second kappa shape index (κ2) is 6.22. The number of rotatable bonds is 4. The first-order chi connectivity index (χ1) is 10.8. The average molecular weight is 292 g/mol. The van der Waals surface area contributed by atoms with Gasteiger partial charge in [0.15, 0.2) is 0 Å². The second-order valence-corrected chi connectivity index (χ2v) is 4.84. The minimum atomic E-state index is -0.0515. The van der Waals surface area contributed by atoms with E-state index in [4.69, 9.17) is 0 Å². The van der Waals surface area contributed by atoms with Gasteiger partial charge in [-0.25, -0.2) is 4.98 Å². The molecule has 3 rings (SSSR count). The zero-order valence-electron chi connectivity index (χ0n) is 12.2. The predicted octanol–water partition coefficient (Wildman–Crippen LogP) is 2.36. The monoisotopic (exact) mass is 292 g/mol. The summed E-state index contributed by atoms with van der Waals surface area (Å²) in [5.74, 6) is 0.723. The molecule has 0 saturated carbocycles. The third-order valence-corrected chi connectivity index (χ3v) is 3.41. The van der Waals surface area contributed by atoms with Crippen molar-refractivity contribution in [1.82, 2.24) is 19.9 Å². The number of aromatic nitrogens is 3. The molecule has 0 atom stereocenters. The molecule has 1 N–H and O–H groups in total. The van der Waals surface area contributed by atoms with E-state index in [0.29, 0.717) is 0 Å². The summed E-state index contributed by atoms with van der Waals surface area (Å²) in [6.45, 7) is 0.258. The summed E-state index contributed by atoms with van der Waals surface area (Å²) in [5.41, 5.74) is 2.95. The maximum absolute atomic E-state index is 11.5. The Morgan fingerprint density at radius 3 is 2.50 bits per heavy atom. The van der Waals surface area contributed by atoms with Gasteiger partial charge in [-0.2, -0.15) is 0 Å². The van der Waals surface area contributed by atoms with Crippen molar-refractivity contribution in [3.05, 3.63) is 61.1 Å². The Kier molecular flexibility index (Phi) is 3.96. The van der Waals surface area contributed by atoms with E-state index in [1.807, 2.05) is 47.0 Å². The van der Waals surface area contributed by atoms with E-state index in [1.165, 1.54) is 0 Å². The Bertz CT molecular complexity index is 763. The third kappa shape index (κ3) is 2.88. The molecule has 0 radical (unpaired) electrons. The van der Waals surface area contributed by atoms with Gasteiger partial charge in [0.1, 0.15) is 12.4 Å². The highest BCUT2D eigenvalue weighted by molar-refractivity contribution is 5.76. The molecule has 0 unspecified atom stereocenters. The van der Waals surface area contributed by atoms with Gasteiger partial charge < -0.3 is 9.88 Å². The van der Waals surface area contributed by atoms with Gasteiger partial charge in [0.25, 0.3) is 0 Å². The Labute approximate surface area is 128 Å². The highest BCUT2D eigenvalue weighted by atomic mass is 16.1. The first-order valence-electron chi connectivity index (χ1n) is 7.01. The van der Waals surface area contributed by atoms with E-state index >= 15 is 0 Å². The van der Waals surface area contributed by atoms with Gasteiger partial charge in [0.2, 0.25) is 5.91 Å². The summed E-state index contributed by atoms with van der Waals surface area (Å²) in [7, 11) is 1.63. The summed E-state index contributed by atoms with van der Waals surface area (Å²) in [6.07, 6.45) is 5.28. The molecule has 110 valence electrons. The van der Waals surface area contributed by atoms with Gasteiger partial charge in [0.05, 0.1) is 5.69 Å². The van der Waals surface area contributed by atoms with Crippen molar-refractivity contribution in [2.24, 2.45) is 0 Å². The quantitative estimate of drug-likeness (QED) is 0.803. The van der Waals surface area contributed by atoms with Crippen molar-refractivity contribution in [2.45, 2.75) is 6.54 Å². The fourth-order valence-corrected chi connectivity index (χ4v) is 2.25. The van der Waals surface area contributed by atoms with E-state index in [0.717, 1.165) is 22.6 Å². The number of benzene rings is 1. The number of likely N-dealkylation sites (N-methyl/N-ethyl adjacent to an activating group) is 1. The Morgan fingerprint density at radius 1 is 1.05 bits per heavy atom. The summed E-state index contributed by atoms with van der Waals surface area (Å²) in [6, 6.07) is 13.8. The zero-order chi connectivity index (χ0) is 15.4. The number of nitrogens with one attached hydrogen (secondary N) is 1. The number of nitrogens with zero attached hydrogens (tertiary/aromatic N) is 3. The van der Waals surface area contributed by atoms with Crippen molar-refractivity contribution in [3.63, 3.8) is 0 Å². The molecule has 2 aromatic heterocycles. The maximum atomic E-state index is 11.5. The van der Waals surface area contributed by atoms with Crippen molar-refractivity contribution >= 4 is 5.91 Å². The highest BCUT2D eigenvalue weighted by Gasteiger charge is 2.09. The van der Waals surface area contributed by atoms with Crippen molar-refractivity contribution in [3.8, 4) is 22.6 Å². The first-order valence-corrected chi connectivity index (χ1v) is 7.01. The van der Waals surface area contributed by atoms with Gasteiger partial charge in [-0.15, -0.1) is 0 Å². The van der Waals surface area contributed by atoms with Crippen LogP contribution in [0.3, 0.4) is 0 Å². The normalized spacial score (nSPS) is 10.4. The lowest BCUT2D eigenvalue weighted by Crippen LogP contribution is -2.23. The number of hydrogen-bond donors (Lipinski definition) is 1. The van der Waals surface area contributed by atoms with Crippen LogP contribution in [0.25, 0.3) is 22.6 Å². The lowest BCUT2D eigenvalue weighted by Gasteiger charge is -2.08. The topological polar surface area (TPSA) is 59.8 Å². The minimum Gasteiger partial charge on any atom is -0.358 e. The van der Waals surface area contributed by atoms with Crippen LogP contribution in [-0.2, 0) is 11.3 Å². The molecule has 22 heavy (non-hydrogen) atoms. The number of pyridine rings is 1. The largest absolute Gasteiger partial charge is 0.358 e. The van der Waals surface area contributed by atoms with Gasteiger partial charge >= 0.3 is 0 Å². The van der Waals surface area contributed by atoms with Crippen molar-refractivity contribution < 1.29 is 4.79 Å². The molecular formula is C17H16N4O. The number of hydrogen-bond acceptors (Lipinski definition) is 3. The Balaban J connectivity index is 1.88. The van der Waals surface area contributed by atoms with Crippen LogP contribution >= 0.6 is 0 Å². The van der Waals surface area contributed by atoms with Crippen LogP contribution < -0.4 is 5.32 Å². The molecule has 0 saturated heterocycles. The van der Waals surface area contributed by atoms with Gasteiger partial charge in [-0.1, -0.05) is 30.3 Å². The third-order valence-electron chi connectivity index (χ3n) is 3.41. The summed E-state index contributed by atoms with van der Waals surface area (Å²) in [4.78, 5) is 20.2.